The molecule has 30 heavy (non-hydrogen) atoms. The number of amides is 2. The molecular weight excluding hydrogens is 396 g/mol. The molecule has 6 nitrogen and oxygen atoms in total. The lowest BCUT2D eigenvalue weighted by molar-refractivity contribution is -0.135. The van der Waals surface area contributed by atoms with Crippen LogP contribution in [0, 0.1) is 11.5 Å². The maximum atomic E-state index is 13.1. The van der Waals surface area contributed by atoms with E-state index >= 15 is 0 Å². The van der Waals surface area contributed by atoms with E-state index in [0.717, 1.165) is 10.3 Å². The van der Waals surface area contributed by atoms with Gasteiger partial charge >= 0.3 is 6.09 Å². The lowest BCUT2D eigenvalue weighted by Crippen LogP contribution is -2.29. The van der Waals surface area contributed by atoms with Gasteiger partial charge in [-0.2, -0.15) is 0 Å². The number of imide groups is 1. The van der Waals surface area contributed by atoms with Gasteiger partial charge < -0.3 is 4.74 Å². The summed E-state index contributed by atoms with van der Waals surface area (Å²) in [6.45, 7) is 11.5. The Bertz CT molecular complexity index is 1160. The van der Waals surface area contributed by atoms with Gasteiger partial charge in [-0.1, -0.05) is 43.8 Å². The molecule has 0 aliphatic carbocycles. The van der Waals surface area contributed by atoms with Crippen LogP contribution >= 0.6 is 0 Å². The van der Waals surface area contributed by atoms with E-state index in [1.54, 1.807) is 39.0 Å². The summed E-state index contributed by atoms with van der Waals surface area (Å²) in [4.78, 5) is 39.9. The molecule has 1 aliphatic rings. The van der Waals surface area contributed by atoms with Crippen molar-refractivity contribution in [1.29, 1.82) is 0 Å². The maximum absolute atomic E-state index is 13.1. The summed E-state index contributed by atoms with van der Waals surface area (Å²) < 4.78 is 6.95. The smallest absolute Gasteiger partial charge is 0.419 e. The van der Waals surface area contributed by atoms with Crippen molar-refractivity contribution in [2.75, 3.05) is 7.05 Å². The van der Waals surface area contributed by atoms with Gasteiger partial charge in [-0.05, 0) is 32.9 Å². The molecule has 0 N–H and O–H groups in total. The zero-order valence-corrected chi connectivity index (χ0v) is 19.4. The first-order valence-corrected chi connectivity index (χ1v) is 13.2. The number of likely N-dealkylation sites (N-methyl/N-ethyl adjacent to an activating group) is 1. The Kier molecular flexibility index (Phi) is 5.25. The van der Waals surface area contributed by atoms with Crippen molar-refractivity contribution in [3.63, 3.8) is 0 Å². The molecule has 1 aromatic carbocycles. The van der Waals surface area contributed by atoms with Gasteiger partial charge in [0.25, 0.3) is 11.8 Å². The molecule has 0 atom stereocenters. The highest BCUT2D eigenvalue weighted by molar-refractivity contribution is 6.84. The van der Waals surface area contributed by atoms with Crippen LogP contribution in [0.1, 0.15) is 26.5 Å². The van der Waals surface area contributed by atoms with Gasteiger partial charge in [0.2, 0.25) is 0 Å². The van der Waals surface area contributed by atoms with E-state index < -0.39 is 31.6 Å². The van der Waals surface area contributed by atoms with Gasteiger partial charge in [-0.25, -0.2) is 9.36 Å². The monoisotopic (exact) mass is 422 g/mol. The summed E-state index contributed by atoms with van der Waals surface area (Å²) in [5.74, 6) is 2.02. The van der Waals surface area contributed by atoms with Gasteiger partial charge in [0.05, 0.1) is 16.8 Å². The van der Waals surface area contributed by atoms with E-state index in [1.165, 1.54) is 11.6 Å². The zero-order chi connectivity index (χ0) is 22.4. The molecule has 0 radical (unpaired) electrons. The fraction of sp³-hybridized carbons (Fsp3) is 0.348. The molecule has 0 saturated heterocycles. The minimum absolute atomic E-state index is 0.123. The minimum Gasteiger partial charge on any atom is -0.443 e. The van der Waals surface area contributed by atoms with Crippen molar-refractivity contribution in [1.82, 2.24) is 9.47 Å². The Morgan fingerprint density at radius 3 is 2.30 bits per heavy atom. The SMILES string of the molecule is CN1C(=O)C(C#C[Si](C)(C)C)=C(c2cc3ccccc3n2C(=O)OC(C)(C)C)C1=O. The molecular formula is C23H26N2O4Si. The van der Waals surface area contributed by atoms with E-state index in [0.29, 0.717) is 11.2 Å². The zero-order valence-electron chi connectivity index (χ0n) is 18.4. The van der Waals surface area contributed by atoms with Crippen molar-refractivity contribution in [3.8, 4) is 11.5 Å². The molecule has 156 valence electrons. The number of rotatable bonds is 1. The first kappa shape index (κ1) is 21.6. The largest absolute Gasteiger partial charge is 0.443 e. The van der Waals surface area contributed by atoms with E-state index in [-0.39, 0.29) is 11.1 Å². The number of fused-ring (bicyclic) bond motifs is 1. The molecule has 0 spiro atoms. The molecule has 3 rings (SSSR count). The second kappa shape index (κ2) is 7.29. The van der Waals surface area contributed by atoms with Crippen molar-refractivity contribution in [2.24, 2.45) is 0 Å². The van der Waals surface area contributed by atoms with Crippen molar-refractivity contribution in [2.45, 2.75) is 46.0 Å². The molecule has 2 amide bonds. The lowest BCUT2D eigenvalue weighted by Gasteiger charge is -2.21. The highest BCUT2D eigenvalue weighted by Crippen LogP contribution is 2.33. The van der Waals surface area contributed by atoms with E-state index in [2.05, 4.69) is 31.1 Å². The average molecular weight is 423 g/mol. The highest BCUT2D eigenvalue weighted by atomic mass is 28.3. The van der Waals surface area contributed by atoms with Crippen molar-refractivity contribution in [3.05, 3.63) is 41.6 Å². The van der Waals surface area contributed by atoms with Gasteiger partial charge in [0.1, 0.15) is 19.2 Å². The van der Waals surface area contributed by atoms with Gasteiger partial charge in [0, 0.05) is 12.4 Å². The average Bonchev–Trinajstić information content (AvgIpc) is 3.08. The Balaban J connectivity index is 2.33. The van der Waals surface area contributed by atoms with Crippen LogP contribution in [0.5, 0.6) is 0 Å². The number of benzene rings is 1. The Labute approximate surface area is 177 Å². The summed E-state index contributed by atoms with van der Waals surface area (Å²) in [6, 6.07) is 9.01. The molecule has 0 unspecified atom stereocenters. The molecule has 0 fully saturated rings. The number of hydrogen-bond donors (Lipinski definition) is 0. The van der Waals surface area contributed by atoms with Crippen LogP contribution in [0.3, 0.4) is 0 Å². The second-order valence-electron chi connectivity index (χ2n) is 9.32. The molecule has 2 heterocycles. The number of carbonyl (C=O) groups is 3. The van der Waals surface area contributed by atoms with Crippen LogP contribution in [0.4, 0.5) is 4.79 Å². The third kappa shape index (κ3) is 4.09. The van der Waals surface area contributed by atoms with Crippen LogP contribution in [-0.4, -0.2) is 48.1 Å². The normalized spacial score (nSPS) is 15.0. The number of hydrogen-bond acceptors (Lipinski definition) is 4. The Morgan fingerprint density at radius 1 is 1.07 bits per heavy atom. The molecule has 1 aliphatic heterocycles. The first-order valence-electron chi connectivity index (χ1n) is 9.74. The summed E-state index contributed by atoms with van der Waals surface area (Å²) in [5, 5.41) is 0.762. The van der Waals surface area contributed by atoms with Crippen LogP contribution in [0.15, 0.2) is 35.9 Å². The van der Waals surface area contributed by atoms with Crippen LogP contribution in [-0.2, 0) is 14.3 Å². The number of aromatic nitrogens is 1. The summed E-state index contributed by atoms with van der Waals surface area (Å²) in [5.41, 5.74) is 3.61. The third-order valence-corrected chi connectivity index (χ3v) is 5.27. The van der Waals surface area contributed by atoms with Crippen LogP contribution in [0.2, 0.25) is 19.6 Å². The number of carbonyl (C=O) groups excluding carboxylic acids is 3. The van der Waals surface area contributed by atoms with Crippen LogP contribution < -0.4 is 0 Å². The summed E-state index contributed by atoms with van der Waals surface area (Å²) in [7, 11) is -0.379. The highest BCUT2D eigenvalue weighted by Gasteiger charge is 2.39. The quantitative estimate of drug-likeness (QED) is 0.395. The van der Waals surface area contributed by atoms with Gasteiger partial charge in [-0.15, -0.1) is 5.54 Å². The second-order valence-corrected chi connectivity index (χ2v) is 14.1. The molecule has 1 aromatic heterocycles. The minimum atomic E-state index is -1.80. The lowest BCUT2D eigenvalue weighted by atomic mass is 10.1. The predicted octanol–water partition coefficient (Wildman–Crippen LogP) is 4.06. The standard InChI is InChI=1S/C23H26N2O4Si/c1-23(2,3)29-22(28)25-17-11-9-8-10-15(17)14-18(25)19-16(12-13-30(5,6)7)20(26)24(4)21(19)27/h8-11,14H,1-7H3. The number of para-hydroxylation sites is 1. The van der Waals surface area contributed by atoms with Gasteiger partial charge in [-0.3, -0.25) is 14.5 Å². The molecule has 0 bridgehead atoms. The van der Waals surface area contributed by atoms with Gasteiger partial charge in [0.15, 0.2) is 0 Å². The fourth-order valence-electron chi connectivity index (χ4n) is 3.09. The Hall–Kier alpha value is -3.11. The topological polar surface area (TPSA) is 68.6 Å². The fourth-order valence-corrected chi connectivity index (χ4v) is 3.59. The van der Waals surface area contributed by atoms with Crippen molar-refractivity contribution >= 4 is 42.5 Å². The van der Waals surface area contributed by atoms with E-state index in [1.807, 2.05) is 12.1 Å². The van der Waals surface area contributed by atoms with E-state index in [9.17, 15) is 14.4 Å². The predicted molar refractivity (Wildman–Crippen MR) is 119 cm³/mol. The van der Waals surface area contributed by atoms with E-state index in [4.69, 9.17) is 4.74 Å². The third-order valence-electron chi connectivity index (χ3n) is 4.39. The number of ether oxygens (including phenoxy) is 1. The molecule has 0 saturated carbocycles. The summed E-state index contributed by atoms with van der Waals surface area (Å²) in [6.07, 6.45) is -0.612. The Morgan fingerprint density at radius 2 is 1.70 bits per heavy atom. The summed E-state index contributed by atoms with van der Waals surface area (Å²) >= 11 is 0. The van der Waals surface area contributed by atoms with Crippen LogP contribution in [0.25, 0.3) is 16.5 Å². The number of nitrogens with zero attached hydrogens (tertiary/aromatic N) is 2. The molecule has 2 aromatic rings. The van der Waals surface area contributed by atoms with Crippen molar-refractivity contribution < 1.29 is 19.1 Å². The molecule has 7 heteroatoms. The first-order chi connectivity index (χ1) is 13.8. The maximum Gasteiger partial charge on any atom is 0.419 e.